The summed E-state index contributed by atoms with van der Waals surface area (Å²) in [6.45, 7) is 1.83. The smallest absolute Gasteiger partial charge is 0.337 e. The van der Waals surface area contributed by atoms with E-state index in [2.05, 4.69) is 4.74 Å². The van der Waals surface area contributed by atoms with Gasteiger partial charge in [0, 0.05) is 0 Å². The number of carbonyl (C=O) groups is 3. The van der Waals surface area contributed by atoms with Crippen LogP contribution in [-0.2, 0) is 19.1 Å². The maximum Gasteiger partial charge on any atom is 0.337 e. The second-order valence-corrected chi connectivity index (χ2v) is 6.18. The highest BCUT2D eigenvalue weighted by Crippen LogP contribution is 2.52. The zero-order chi connectivity index (χ0) is 16.4. The minimum Gasteiger partial charge on any atom is -0.465 e. The first-order valence-electron chi connectivity index (χ1n) is 7.39. The number of anilines is 1. The molecule has 2 amide bonds. The summed E-state index contributed by atoms with van der Waals surface area (Å²) in [5, 5.41) is 0. The maximum atomic E-state index is 12.8. The average molecular weight is 313 g/mol. The fraction of sp³-hybridized carbons (Fsp3) is 0.353. The van der Waals surface area contributed by atoms with Crippen molar-refractivity contribution >= 4 is 23.5 Å². The summed E-state index contributed by atoms with van der Waals surface area (Å²) in [5.74, 6) is -2.06. The number of fused-ring (bicyclic) bond motifs is 5. The van der Waals surface area contributed by atoms with Crippen molar-refractivity contribution in [1.82, 2.24) is 0 Å². The van der Waals surface area contributed by atoms with E-state index in [1.165, 1.54) is 18.1 Å². The predicted molar refractivity (Wildman–Crippen MR) is 79.7 cm³/mol. The van der Waals surface area contributed by atoms with E-state index in [9.17, 15) is 14.4 Å². The number of benzene rings is 1. The third-order valence-corrected chi connectivity index (χ3v) is 4.85. The molecule has 0 aromatic heterocycles. The molecular weight excluding hydrogens is 298 g/mol. The van der Waals surface area contributed by atoms with Gasteiger partial charge in [-0.3, -0.25) is 9.59 Å². The molecule has 2 fully saturated rings. The van der Waals surface area contributed by atoms with Crippen LogP contribution in [-0.4, -0.2) is 36.6 Å². The van der Waals surface area contributed by atoms with Gasteiger partial charge in [0.1, 0.15) is 0 Å². The lowest BCUT2D eigenvalue weighted by atomic mass is 9.78. The zero-order valence-electron chi connectivity index (χ0n) is 12.7. The average Bonchev–Trinajstić information content (AvgIpc) is 3.15. The Labute approximate surface area is 132 Å². The Balaban J connectivity index is 1.73. The molecule has 0 N–H and O–H groups in total. The fourth-order valence-electron chi connectivity index (χ4n) is 3.80. The monoisotopic (exact) mass is 313 g/mol. The van der Waals surface area contributed by atoms with E-state index >= 15 is 0 Å². The van der Waals surface area contributed by atoms with Crippen molar-refractivity contribution in [3.05, 3.63) is 42.0 Å². The lowest BCUT2D eigenvalue weighted by Crippen LogP contribution is -2.38. The van der Waals surface area contributed by atoms with Crippen molar-refractivity contribution in [3.63, 3.8) is 0 Å². The maximum absolute atomic E-state index is 12.8. The van der Waals surface area contributed by atoms with Crippen molar-refractivity contribution in [2.24, 2.45) is 11.8 Å². The lowest BCUT2D eigenvalue weighted by molar-refractivity contribution is -0.126. The van der Waals surface area contributed by atoms with Gasteiger partial charge >= 0.3 is 5.97 Å². The minimum atomic E-state index is -0.725. The first kappa shape index (κ1) is 14.1. The molecule has 1 aromatic carbocycles. The van der Waals surface area contributed by atoms with Gasteiger partial charge in [-0.25, -0.2) is 9.69 Å². The Morgan fingerprint density at radius 2 is 2.09 bits per heavy atom. The topological polar surface area (TPSA) is 72.9 Å². The first-order valence-corrected chi connectivity index (χ1v) is 7.39. The molecule has 0 aliphatic carbocycles. The number of esters is 1. The van der Waals surface area contributed by atoms with Crippen LogP contribution < -0.4 is 4.90 Å². The summed E-state index contributed by atoms with van der Waals surface area (Å²) in [7, 11) is 1.28. The first-order chi connectivity index (χ1) is 11.0. The minimum absolute atomic E-state index is 0.278. The Hall–Kier alpha value is -2.47. The molecule has 6 heteroatoms. The van der Waals surface area contributed by atoms with Crippen molar-refractivity contribution in [2.45, 2.75) is 18.6 Å². The van der Waals surface area contributed by atoms with Crippen molar-refractivity contribution in [3.8, 4) is 0 Å². The molecule has 3 heterocycles. The molecule has 6 nitrogen and oxygen atoms in total. The molecule has 0 saturated carbocycles. The van der Waals surface area contributed by atoms with Crippen LogP contribution in [0.3, 0.4) is 0 Å². The number of nitrogens with zero attached hydrogens (tertiary/aromatic N) is 1. The van der Waals surface area contributed by atoms with E-state index in [-0.39, 0.29) is 17.9 Å². The lowest BCUT2D eigenvalue weighted by Gasteiger charge is -2.24. The standard InChI is InChI=1S/C17H15NO5/c1-17-7-6-11(23-17)12-13(17)15(20)18(14(12)19)10-5-3-4-9(8-10)16(21)22-2/h3-8,11-13H,1-2H3/t11-,12+,13-,17-/m0/s1. The Kier molecular flexibility index (Phi) is 2.78. The second-order valence-electron chi connectivity index (χ2n) is 6.18. The van der Waals surface area contributed by atoms with E-state index in [0.717, 1.165) is 0 Å². The van der Waals surface area contributed by atoms with Crippen molar-refractivity contribution in [2.75, 3.05) is 12.0 Å². The van der Waals surface area contributed by atoms with Gasteiger partial charge in [-0.1, -0.05) is 18.2 Å². The molecule has 3 aliphatic rings. The highest BCUT2D eigenvalue weighted by atomic mass is 16.5. The Morgan fingerprint density at radius 3 is 2.78 bits per heavy atom. The van der Waals surface area contributed by atoms with E-state index in [1.807, 2.05) is 19.1 Å². The number of ether oxygens (including phenoxy) is 2. The van der Waals surface area contributed by atoms with E-state index < -0.39 is 23.4 Å². The van der Waals surface area contributed by atoms with E-state index in [4.69, 9.17) is 4.74 Å². The molecule has 1 aromatic rings. The molecule has 2 bridgehead atoms. The summed E-state index contributed by atoms with van der Waals surface area (Å²) >= 11 is 0. The van der Waals surface area contributed by atoms with Crippen LogP contribution in [0.2, 0.25) is 0 Å². The summed E-state index contributed by atoms with van der Waals surface area (Å²) < 4.78 is 10.5. The summed E-state index contributed by atoms with van der Waals surface area (Å²) in [6, 6.07) is 6.35. The molecule has 3 aliphatic heterocycles. The molecule has 0 spiro atoms. The number of methoxy groups -OCH3 is 1. The second kappa shape index (κ2) is 4.52. The quantitative estimate of drug-likeness (QED) is 0.467. The van der Waals surface area contributed by atoms with Crippen LogP contribution in [0.5, 0.6) is 0 Å². The van der Waals surface area contributed by atoms with Gasteiger partial charge in [0.2, 0.25) is 11.8 Å². The van der Waals surface area contributed by atoms with Crippen LogP contribution in [0.1, 0.15) is 17.3 Å². The largest absolute Gasteiger partial charge is 0.465 e. The van der Waals surface area contributed by atoms with E-state index in [1.54, 1.807) is 18.2 Å². The van der Waals surface area contributed by atoms with Crippen LogP contribution >= 0.6 is 0 Å². The number of hydrogen-bond acceptors (Lipinski definition) is 5. The fourth-order valence-corrected chi connectivity index (χ4v) is 3.80. The van der Waals surface area contributed by atoms with Crippen LogP contribution in [0.15, 0.2) is 36.4 Å². The number of rotatable bonds is 2. The molecule has 2 saturated heterocycles. The number of carbonyl (C=O) groups excluding carboxylic acids is 3. The Bertz CT molecular complexity index is 770. The van der Waals surface area contributed by atoms with Gasteiger partial charge < -0.3 is 9.47 Å². The van der Waals surface area contributed by atoms with Crippen molar-refractivity contribution in [1.29, 1.82) is 0 Å². The van der Waals surface area contributed by atoms with Crippen LogP contribution in [0.4, 0.5) is 5.69 Å². The van der Waals surface area contributed by atoms with Gasteiger partial charge in [-0.05, 0) is 25.1 Å². The van der Waals surface area contributed by atoms with Crippen molar-refractivity contribution < 1.29 is 23.9 Å². The summed E-state index contributed by atoms with van der Waals surface area (Å²) in [6.07, 6.45) is 3.36. The van der Waals surface area contributed by atoms with Gasteiger partial charge in [0.25, 0.3) is 0 Å². The highest BCUT2D eigenvalue weighted by Gasteiger charge is 2.66. The number of imide groups is 1. The number of hydrogen-bond donors (Lipinski definition) is 0. The van der Waals surface area contributed by atoms with Gasteiger partial charge in [0.05, 0.1) is 41.9 Å². The molecule has 4 atom stereocenters. The third-order valence-electron chi connectivity index (χ3n) is 4.85. The molecule has 23 heavy (non-hydrogen) atoms. The predicted octanol–water partition coefficient (Wildman–Crippen LogP) is 1.31. The Morgan fingerprint density at radius 1 is 1.30 bits per heavy atom. The SMILES string of the molecule is COC(=O)c1cccc(N2C(=O)[C@@H]3[C@@H]4C=C[C@](C)(O4)[C@@H]3C2=O)c1. The van der Waals surface area contributed by atoms with Gasteiger partial charge in [-0.2, -0.15) is 0 Å². The molecule has 4 rings (SSSR count). The molecule has 0 radical (unpaired) electrons. The van der Waals surface area contributed by atoms with Gasteiger partial charge in [-0.15, -0.1) is 0 Å². The molecular formula is C17H15NO5. The van der Waals surface area contributed by atoms with E-state index in [0.29, 0.717) is 11.3 Å². The normalized spacial score (nSPS) is 34.2. The summed E-state index contributed by atoms with van der Waals surface area (Å²) in [4.78, 5) is 38.4. The zero-order valence-corrected chi connectivity index (χ0v) is 12.7. The van der Waals surface area contributed by atoms with Crippen LogP contribution in [0.25, 0.3) is 0 Å². The van der Waals surface area contributed by atoms with Gasteiger partial charge in [0.15, 0.2) is 0 Å². The summed E-state index contributed by atoms with van der Waals surface area (Å²) in [5.41, 5.74) is -0.0388. The molecule has 118 valence electrons. The van der Waals surface area contributed by atoms with Crippen LogP contribution in [0, 0.1) is 11.8 Å². The third kappa shape index (κ3) is 1.75. The number of amides is 2. The molecule has 0 unspecified atom stereocenters. The highest BCUT2D eigenvalue weighted by molar-refractivity contribution is 6.23.